The van der Waals surface area contributed by atoms with Gasteiger partial charge in [0.1, 0.15) is 11.9 Å². The van der Waals surface area contributed by atoms with E-state index < -0.39 is 0 Å². The summed E-state index contributed by atoms with van der Waals surface area (Å²) in [7, 11) is 2.22. The van der Waals surface area contributed by atoms with E-state index in [2.05, 4.69) is 50.9 Å². The second kappa shape index (κ2) is 8.31. The van der Waals surface area contributed by atoms with E-state index in [9.17, 15) is 0 Å². The van der Waals surface area contributed by atoms with Gasteiger partial charge in [-0.2, -0.15) is 0 Å². The summed E-state index contributed by atoms with van der Waals surface area (Å²) in [6.45, 7) is 11.7. The van der Waals surface area contributed by atoms with Crippen molar-refractivity contribution in [1.82, 2.24) is 4.90 Å². The van der Waals surface area contributed by atoms with Gasteiger partial charge in [-0.05, 0) is 37.9 Å². The molecule has 1 aliphatic rings. The van der Waals surface area contributed by atoms with Crippen LogP contribution in [0.25, 0.3) is 0 Å². The number of nitrogens with zero attached hydrogens (tertiary/aromatic N) is 1. The summed E-state index contributed by atoms with van der Waals surface area (Å²) < 4.78 is 6.15. The van der Waals surface area contributed by atoms with Crippen LogP contribution in [0.2, 0.25) is 0 Å². The van der Waals surface area contributed by atoms with Crippen LogP contribution in [0.15, 0.2) is 24.3 Å². The highest BCUT2D eigenvalue weighted by Gasteiger charge is 2.31. The lowest BCUT2D eigenvalue weighted by Gasteiger charge is -2.20. The van der Waals surface area contributed by atoms with E-state index in [1.54, 1.807) is 0 Å². The Hall–Kier alpha value is -1.02. The molecule has 0 spiro atoms. The van der Waals surface area contributed by atoms with Gasteiger partial charge >= 0.3 is 0 Å². The molecule has 2 atom stereocenters. The molecule has 2 unspecified atom stereocenters. The third kappa shape index (κ3) is 4.82. The second-order valence-corrected chi connectivity index (χ2v) is 5.96. The molecule has 1 fully saturated rings. The zero-order chi connectivity index (χ0) is 15.1. The molecule has 1 aliphatic heterocycles. The van der Waals surface area contributed by atoms with Gasteiger partial charge in [0.25, 0.3) is 0 Å². The SMILES string of the molecule is CC.Cc1ccccc1OC1CC(CC(C)C)N(C)C1. The average molecular weight is 277 g/mol. The van der Waals surface area contributed by atoms with Crippen molar-refractivity contribution in [3.63, 3.8) is 0 Å². The minimum atomic E-state index is 0.347. The molecule has 0 amide bonds. The van der Waals surface area contributed by atoms with Gasteiger partial charge in [0.05, 0.1) is 0 Å². The molecule has 2 heteroatoms. The number of ether oxygens (including phenoxy) is 1. The van der Waals surface area contributed by atoms with Crippen molar-refractivity contribution in [1.29, 1.82) is 0 Å². The molecule has 114 valence electrons. The van der Waals surface area contributed by atoms with Gasteiger partial charge in [0.15, 0.2) is 0 Å². The fourth-order valence-electron chi connectivity index (χ4n) is 2.80. The fraction of sp³-hybridized carbons (Fsp3) is 0.667. The molecule has 0 aromatic heterocycles. The quantitative estimate of drug-likeness (QED) is 0.802. The Bertz CT molecular complexity index is 389. The zero-order valence-corrected chi connectivity index (χ0v) is 14.0. The molecule has 1 aromatic carbocycles. The third-order valence-electron chi connectivity index (χ3n) is 3.78. The molecule has 0 radical (unpaired) electrons. The molecular formula is C18H31NO. The largest absolute Gasteiger partial charge is 0.489 e. The smallest absolute Gasteiger partial charge is 0.122 e. The van der Waals surface area contributed by atoms with Crippen LogP contribution in [0.5, 0.6) is 5.75 Å². The summed E-state index contributed by atoms with van der Waals surface area (Å²) >= 11 is 0. The minimum Gasteiger partial charge on any atom is -0.489 e. The summed E-state index contributed by atoms with van der Waals surface area (Å²) in [5.41, 5.74) is 1.23. The summed E-state index contributed by atoms with van der Waals surface area (Å²) in [5, 5.41) is 0. The summed E-state index contributed by atoms with van der Waals surface area (Å²) in [6, 6.07) is 8.97. The molecule has 1 saturated heterocycles. The van der Waals surface area contributed by atoms with Crippen molar-refractivity contribution in [2.45, 2.75) is 59.6 Å². The van der Waals surface area contributed by atoms with Crippen LogP contribution in [0.1, 0.15) is 46.1 Å². The lowest BCUT2D eigenvalue weighted by atomic mass is 10.0. The molecular weight excluding hydrogens is 246 g/mol. The standard InChI is InChI=1S/C16H25NO.C2H6/c1-12(2)9-14-10-15(11-17(14)4)18-16-8-6-5-7-13(16)3;1-2/h5-8,12,14-15H,9-11H2,1-4H3;1-2H3. The monoisotopic (exact) mass is 277 g/mol. The fourth-order valence-corrected chi connectivity index (χ4v) is 2.80. The molecule has 0 saturated carbocycles. The number of likely N-dealkylation sites (N-methyl/N-ethyl adjacent to an activating group) is 1. The Morgan fingerprint density at radius 2 is 1.90 bits per heavy atom. The average Bonchev–Trinajstić information content (AvgIpc) is 2.74. The van der Waals surface area contributed by atoms with Gasteiger partial charge in [-0.25, -0.2) is 0 Å². The molecule has 1 aromatic rings. The lowest BCUT2D eigenvalue weighted by molar-refractivity contribution is 0.206. The first-order chi connectivity index (χ1) is 9.56. The molecule has 2 rings (SSSR count). The maximum atomic E-state index is 6.15. The highest BCUT2D eigenvalue weighted by Crippen LogP contribution is 2.27. The van der Waals surface area contributed by atoms with Crippen molar-refractivity contribution in [3.05, 3.63) is 29.8 Å². The third-order valence-corrected chi connectivity index (χ3v) is 3.78. The molecule has 2 nitrogen and oxygen atoms in total. The van der Waals surface area contributed by atoms with E-state index in [0.717, 1.165) is 24.6 Å². The van der Waals surface area contributed by atoms with Crippen molar-refractivity contribution in [2.75, 3.05) is 13.6 Å². The van der Waals surface area contributed by atoms with Gasteiger partial charge in [-0.1, -0.05) is 45.9 Å². The maximum Gasteiger partial charge on any atom is 0.122 e. The first-order valence-corrected chi connectivity index (χ1v) is 7.98. The summed E-state index contributed by atoms with van der Waals surface area (Å²) in [4.78, 5) is 2.45. The van der Waals surface area contributed by atoms with E-state index in [1.165, 1.54) is 12.0 Å². The van der Waals surface area contributed by atoms with Crippen molar-refractivity contribution in [2.24, 2.45) is 5.92 Å². The first-order valence-electron chi connectivity index (χ1n) is 7.98. The second-order valence-electron chi connectivity index (χ2n) is 5.96. The van der Waals surface area contributed by atoms with Gasteiger partial charge in [0, 0.05) is 19.0 Å². The molecule has 20 heavy (non-hydrogen) atoms. The molecule has 0 bridgehead atoms. The normalized spacial score (nSPS) is 22.6. The Balaban J connectivity index is 0.000000956. The van der Waals surface area contributed by atoms with Crippen LogP contribution in [0.4, 0.5) is 0 Å². The van der Waals surface area contributed by atoms with Gasteiger partial charge in [-0.15, -0.1) is 0 Å². The zero-order valence-electron chi connectivity index (χ0n) is 14.0. The number of para-hydroxylation sites is 1. The maximum absolute atomic E-state index is 6.15. The van der Waals surface area contributed by atoms with Gasteiger partial charge in [0.2, 0.25) is 0 Å². The highest BCUT2D eigenvalue weighted by molar-refractivity contribution is 5.32. The summed E-state index contributed by atoms with van der Waals surface area (Å²) in [5.74, 6) is 1.80. The molecule has 1 heterocycles. The Morgan fingerprint density at radius 3 is 2.50 bits per heavy atom. The Labute approximate surface area is 125 Å². The molecule has 0 aliphatic carbocycles. The van der Waals surface area contributed by atoms with Crippen LogP contribution in [-0.4, -0.2) is 30.6 Å². The highest BCUT2D eigenvalue weighted by atomic mass is 16.5. The van der Waals surface area contributed by atoms with Crippen LogP contribution < -0.4 is 4.74 Å². The van der Waals surface area contributed by atoms with E-state index in [-0.39, 0.29) is 0 Å². The predicted octanol–water partition coefficient (Wildman–Crippen LogP) is 4.52. The predicted molar refractivity (Wildman–Crippen MR) is 87.4 cm³/mol. The summed E-state index contributed by atoms with van der Waals surface area (Å²) in [6.07, 6.45) is 2.77. The van der Waals surface area contributed by atoms with E-state index >= 15 is 0 Å². The minimum absolute atomic E-state index is 0.347. The van der Waals surface area contributed by atoms with Crippen molar-refractivity contribution in [3.8, 4) is 5.75 Å². The van der Waals surface area contributed by atoms with E-state index in [4.69, 9.17) is 4.74 Å². The first kappa shape index (κ1) is 17.0. The van der Waals surface area contributed by atoms with Crippen LogP contribution in [-0.2, 0) is 0 Å². The Morgan fingerprint density at radius 1 is 1.25 bits per heavy atom. The Kier molecular flexibility index (Phi) is 7.08. The number of aryl methyl sites for hydroxylation is 1. The lowest BCUT2D eigenvalue weighted by Crippen LogP contribution is -2.26. The van der Waals surface area contributed by atoms with Crippen LogP contribution >= 0.6 is 0 Å². The number of benzene rings is 1. The number of rotatable bonds is 4. The van der Waals surface area contributed by atoms with Crippen molar-refractivity contribution >= 4 is 0 Å². The van der Waals surface area contributed by atoms with Gasteiger partial charge in [-0.3, -0.25) is 4.90 Å². The van der Waals surface area contributed by atoms with Crippen LogP contribution in [0, 0.1) is 12.8 Å². The number of hydrogen-bond acceptors (Lipinski definition) is 2. The van der Waals surface area contributed by atoms with E-state index in [0.29, 0.717) is 12.1 Å². The molecule has 0 N–H and O–H groups in total. The van der Waals surface area contributed by atoms with Crippen molar-refractivity contribution < 1.29 is 4.74 Å². The van der Waals surface area contributed by atoms with Crippen LogP contribution in [0.3, 0.4) is 0 Å². The van der Waals surface area contributed by atoms with Gasteiger partial charge < -0.3 is 4.74 Å². The topological polar surface area (TPSA) is 12.5 Å². The van der Waals surface area contributed by atoms with E-state index in [1.807, 2.05) is 19.9 Å². The number of hydrogen-bond donors (Lipinski definition) is 0. The number of likely N-dealkylation sites (tertiary alicyclic amines) is 1.